The minimum Gasteiger partial charge on any atom is -0.363 e. The average molecular weight is 376 g/mol. The van der Waals surface area contributed by atoms with Gasteiger partial charge in [-0.15, -0.1) is 0 Å². The molecule has 0 aromatic heterocycles. The molecule has 0 aliphatic carbocycles. The summed E-state index contributed by atoms with van der Waals surface area (Å²) in [6.07, 6.45) is 1.59. The average Bonchev–Trinajstić information content (AvgIpc) is 3.14. The lowest BCUT2D eigenvalue weighted by atomic mass is 10.1. The Labute approximate surface area is 163 Å². The van der Waals surface area contributed by atoms with Gasteiger partial charge in [-0.05, 0) is 47.0 Å². The van der Waals surface area contributed by atoms with E-state index in [1.54, 1.807) is 24.4 Å². The van der Waals surface area contributed by atoms with E-state index in [0.717, 1.165) is 24.3 Å². The molecule has 4 nitrogen and oxygen atoms in total. The van der Waals surface area contributed by atoms with E-state index in [1.807, 2.05) is 30.3 Å². The summed E-state index contributed by atoms with van der Waals surface area (Å²) >= 11 is 5.86. The molecule has 27 heavy (non-hydrogen) atoms. The smallest absolute Gasteiger partial charge is 0.271 e. The molecule has 1 aliphatic heterocycles. The highest BCUT2D eigenvalue weighted by atomic mass is 35.5. The number of hydrogen-bond donors (Lipinski definition) is 1. The molecular weight excluding hydrogens is 358 g/mol. The summed E-state index contributed by atoms with van der Waals surface area (Å²) in [6, 6.07) is 23.3. The Morgan fingerprint density at radius 2 is 1.67 bits per heavy atom. The van der Waals surface area contributed by atoms with Gasteiger partial charge in [0.25, 0.3) is 5.91 Å². The standard InChI is InChI=1S/C22H18ClN3O/c23-20-10-8-16(9-11-20)13-24-25-22(27)17-6-3-7-21(12-17)26-14-18-4-1-2-5-19(18)15-26/h1-13H,14-15H2,(H,25,27). The highest BCUT2D eigenvalue weighted by molar-refractivity contribution is 6.30. The number of nitrogens with one attached hydrogen (secondary N) is 1. The monoisotopic (exact) mass is 375 g/mol. The van der Waals surface area contributed by atoms with Crippen molar-refractivity contribution in [3.63, 3.8) is 0 Å². The molecule has 1 heterocycles. The summed E-state index contributed by atoms with van der Waals surface area (Å²) in [5.41, 5.74) is 7.72. The van der Waals surface area contributed by atoms with E-state index < -0.39 is 0 Å². The molecule has 0 fully saturated rings. The SMILES string of the molecule is O=C(NN=Cc1ccc(Cl)cc1)c1cccc(N2Cc3ccccc3C2)c1. The van der Waals surface area contributed by atoms with E-state index in [-0.39, 0.29) is 5.91 Å². The Hall–Kier alpha value is -3.11. The number of carbonyl (C=O) groups is 1. The second kappa shape index (κ2) is 7.64. The van der Waals surface area contributed by atoms with Crippen molar-refractivity contribution in [2.75, 3.05) is 4.90 Å². The van der Waals surface area contributed by atoms with Gasteiger partial charge in [-0.3, -0.25) is 4.79 Å². The first-order chi connectivity index (χ1) is 13.2. The van der Waals surface area contributed by atoms with Gasteiger partial charge < -0.3 is 4.90 Å². The molecule has 4 rings (SSSR count). The van der Waals surface area contributed by atoms with Crippen LogP contribution in [0.25, 0.3) is 0 Å². The number of benzene rings is 3. The summed E-state index contributed by atoms with van der Waals surface area (Å²) in [6.45, 7) is 1.71. The zero-order valence-electron chi connectivity index (χ0n) is 14.6. The highest BCUT2D eigenvalue weighted by Gasteiger charge is 2.19. The second-order valence-corrected chi connectivity index (χ2v) is 6.86. The molecule has 3 aromatic rings. The number of amides is 1. The maximum absolute atomic E-state index is 12.4. The van der Waals surface area contributed by atoms with Gasteiger partial charge in [-0.25, -0.2) is 5.43 Å². The molecule has 0 bridgehead atoms. The molecule has 0 saturated heterocycles. The van der Waals surface area contributed by atoms with Crippen LogP contribution in [0.3, 0.4) is 0 Å². The van der Waals surface area contributed by atoms with Gasteiger partial charge in [0.1, 0.15) is 0 Å². The number of carbonyl (C=O) groups excluding carboxylic acids is 1. The van der Waals surface area contributed by atoms with Crippen molar-refractivity contribution in [3.05, 3.63) is 100 Å². The number of rotatable bonds is 4. The van der Waals surface area contributed by atoms with Crippen molar-refractivity contribution < 1.29 is 4.79 Å². The summed E-state index contributed by atoms with van der Waals surface area (Å²) in [5, 5.41) is 4.69. The molecule has 1 aliphatic rings. The molecular formula is C22H18ClN3O. The van der Waals surface area contributed by atoms with Crippen molar-refractivity contribution in [2.45, 2.75) is 13.1 Å². The van der Waals surface area contributed by atoms with E-state index in [1.165, 1.54) is 11.1 Å². The Kier molecular flexibility index (Phi) is 4.90. The quantitative estimate of drug-likeness (QED) is 0.534. The molecule has 0 saturated carbocycles. The van der Waals surface area contributed by atoms with Crippen LogP contribution in [0.4, 0.5) is 5.69 Å². The number of halogens is 1. The molecule has 3 aromatic carbocycles. The number of hydrazone groups is 1. The summed E-state index contributed by atoms with van der Waals surface area (Å²) in [7, 11) is 0. The predicted molar refractivity (Wildman–Crippen MR) is 109 cm³/mol. The first-order valence-corrected chi connectivity index (χ1v) is 9.07. The van der Waals surface area contributed by atoms with Crippen molar-refractivity contribution >= 4 is 29.4 Å². The first kappa shape index (κ1) is 17.3. The molecule has 1 N–H and O–H groups in total. The molecule has 0 spiro atoms. The Bertz CT molecular complexity index is 973. The third-order valence-corrected chi connectivity index (χ3v) is 4.82. The molecule has 134 valence electrons. The molecule has 0 unspecified atom stereocenters. The molecule has 1 amide bonds. The van der Waals surface area contributed by atoms with E-state index in [4.69, 9.17) is 11.6 Å². The van der Waals surface area contributed by atoms with Crippen LogP contribution in [0.2, 0.25) is 5.02 Å². The van der Waals surface area contributed by atoms with E-state index in [2.05, 4.69) is 39.7 Å². The Balaban J connectivity index is 1.43. The fraction of sp³-hybridized carbons (Fsp3) is 0.0909. The van der Waals surface area contributed by atoms with Crippen LogP contribution in [0.1, 0.15) is 27.0 Å². The second-order valence-electron chi connectivity index (χ2n) is 6.43. The van der Waals surface area contributed by atoms with Crippen molar-refractivity contribution in [1.82, 2.24) is 5.43 Å². The van der Waals surface area contributed by atoms with Crippen LogP contribution >= 0.6 is 11.6 Å². The molecule has 0 radical (unpaired) electrons. The summed E-state index contributed by atoms with van der Waals surface area (Å²) in [4.78, 5) is 14.7. The maximum atomic E-state index is 12.4. The van der Waals surface area contributed by atoms with E-state index in [0.29, 0.717) is 10.6 Å². The van der Waals surface area contributed by atoms with Crippen molar-refractivity contribution in [3.8, 4) is 0 Å². The maximum Gasteiger partial charge on any atom is 0.271 e. The minimum absolute atomic E-state index is 0.237. The number of anilines is 1. The lowest BCUT2D eigenvalue weighted by molar-refractivity contribution is 0.0955. The van der Waals surface area contributed by atoms with Gasteiger partial charge in [0, 0.05) is 29.4 Å². The van der Waals surface area contributed by atoms with Crippen LogP contribution in [0, 0.1) is 0 Å². The fourth-order valence-electron chi connectivity index (χ4n) is 3.14. The minimum atomic E-state index is -0.237. The summed E-state index contributed by atoms with van der Waals surface area (Å²) in [5.74, 6) is -0.237. The predicted octanol–water partition coefficient (Wildman–Crippen LogP) is 4.62. The Morgan fingerprint density at radius 3 is 2.37 bits per heavy atom. The lowest BCUT2D eigenvalue weighted by Gasteiger charge is -2.18. The number of nitrogens with zero attached hydrogens (tertiary/aromatic N) is 2. The zero-order valence-corrected chi connectivity index (χ0v) is 15.4. The van der Waals surface area contributed by atoms with Crippen LogP contribution in [-0.2, 0) is 13.1 Å². The van der Waals surface area contributed by atoms with Gasteiger partial charge in [0.05, 0.1) is 6.21 Å². The van der Waals surface area contributed by atoms with Crippen LogP contribution in [-0.4, -0.2) is 12.1 Å². The van der Waals surface area contributed by atoms with E-state index in [9.17, 15) is 4.79 Å². The third kappa shape index (κ3) is 4.01. The van der Waals surface area contributed by atoms with Gasteiger partial charge in [0.2, 0.25) is 0 Å². The van der Waals surface area contributed by atoms with Gasteiger partial charge in [-0.2, -0.15) is 5.10 Å². The van der Waals surface area contributed by atoms with Crippen LogP contribution in [0.5, 0.6) is 0 Å². The lowest BCUT2D eigenvalue weighted by Crippen LogP contribution is -2.19. The van der Waals surface area contributed by atoms with E-state index >= 15 is 0 Å². The summed E-state index contributed by atoms with van der Waals surface area (Å²) < 4.78 is 0. The van der Waals surface area contributed by atoms with Crippen LogP contribution in [0.15, 0.2) is 77.9 Å². The highest BCUT2D eigenvalue weighted by Crippen LogP contribution is 2.28. The van der Waals surface area contributed by atoms with Crippen LogP contribution < -0.4 is 10.3 Å². The largest absolute Gasteiger partial charge is 0.363 e. The Morgan fingerprint density at radius 1 is 0.963 bits per heavy atom. The number of hydrogen-bond acceptors (Lipinski definition) is 3. The third-order valence-electron chi connectivity index (χ3n) is 4.56. The normalized spacial score (nSPS) is 13.0. The topological polar surface area (TPSA) is 44.7 Å². The van der Waals surface area contributed by atoms with Gasteiger partial charge in [-0.1, -0.05) is 54.1 Å². The molecule has 5 heteroatoms. The fourth-order valence-corrected chi connectivity index (χ4v) is 3.26. The first-order valence-electron chi connectivity index (χ1n) is 8.70. The number of fused-ring (bicyclic) bond motifs is 1. The van der Waals surface area contributed by atoms with Crippen molar-refractivity contribution in [2.24, 2.45) is 5.10 Å². The van der Waals surface area contributed by atoms with Gasteiger partial charge in [0.15, 0.2) is 0 Å². The van der Waals surface area contributed by atoms with Crippen molar-refractivity contribution in [1.29, 1.82) is 0 Å². The molecule has 0 atom stereocenters. The van der Waals surface area contributed by atoms with Gasteiger partial charge >= 0.3 is 0 Å². The zero-order chi connectivity index (χ0) is 18.6.